The second-order valence-corrected chi connectivity index (χ2v) is 3.44. The highest BCUT2D eigenvalue weighted by molar-refractivity contribution is 6.09. The van der Waals surface area contributed by atoms with Gasteiger partial charge in [0.25, 0.3) is 0 Å². The van der Waals surface area contributed by atoms with E-state index >= 15 is 0 Å². The molecule has 0 bridgehead atoms. The summed E-state index contributed by atoms with van der Waals surface area (Å²) in [5, 5.41) is 0. The molecule has 0 unspecified atom stereocenters. The van der Waals surface area contributed by atoms with Gasteiger partial charge in [-0.05, 0) is 12.1 Å². The molecule has 3 heteroatoms. The molecule has 1 aromatic heterocycles. The molecule has 0 fully saturated rings. The van der Waals surface area contributed by atoms with E-state index in [-0.39, 0.29) is 0 Å². The fourth-order valence-electron chi connectivity index (χ4n) is 1.38. The Morgan fingerprint density at radius 1 is 1.06 bits per heavy atom. The summed E-state index contributed by atoms with van der Waals surface area (Å²) in [5.41, 5.74) is 0.756. The number of hydrogen-bond donors (Lipinski definition) is 0. The molecule has 1 heterocycles. The molecule has 2 aromatic rings. The predicted octanol–water partition coefficient (Wildman–Crippen LogP) is 3.27. The maximum Gasteiger partial charge on any atom is 0.221 e. The molecule has 0 saturated heterocycles. The topological polar surface area (TPSA) is 30.0 Å². The van der Waals surface area contributed by atoms with E-state index in [0.717, 1.165) is 6.08 Å². The minimum atomic E-state index is -0.810. The summed E-state index contributed by atoms with van der Waals surface area (Å²) >= 11 is 0. The molecule has 0 radical (unpaired) electrons. The third-order valence-electron chi connectivity index (χ3n) is 2.22. The lowest BCUT2D eigenvalue weighted by molar-refractivity contribution is 0.101. The van der Waals surface area contributed by atoms with E-state index in [0.29, 0.717) is 11.3 Å². The third-order valence-corrected chi connectivity index (χ3v) is 2.22. The van der Waals surface area contributed by atoms with Gasteiger partial charge in [-0.1, -0.05) is 36.4 Å². The number of hydrogen-bond acceptors (Lipinski definition) is 2. The number of benzene rings is 1. The van der Waals surface area contributed by atoms with Crippen molar-refractivity contribution in [2.75, 3.05) is 0 Å². The van der Waals surface area contributed by atoms with Gasteiger partial charge in [0.05, 0.1) is 5.69 Å². The van der Waals surface area contributed by atoms with Gasteiger partial charge < -0.3 is 0 Å². The van der Waals surface area contributed by atoms with Gasteiger partial charge in [0.15, 0.2) is 5.83 Å². The van der Waals surface area contributed by atoms with E-state index in [1.807, 2.05) is 0 Å². The minimum Gasteiger partial charge on any atom is -0.286 e. The second-order valence-electron chi connectivity index (χ2n) is 3.44. The molecular formula is C14H10FNO. The average molecular weight is 227 g/mol. The lowest BCUT2D eigenvalue weighted by atomic mass is 10.1. The van der Waals surface area contributed by atoms with Crippen molar-refractivity contribution in [3.05, 3.63) is 71.8 Å². The number of rotatable bonds is 3. The fourth-order valence-corrected chi connectivity index (χ4v) is 1.38. The van der Waals surface area contributed by atoms with Gasteiger partial charge in [-0.2, -0.15) is 0 Å². The molecule has 0 aliphatic heterocycles. The molecular weight excluding hydrogens is 217 g/mol. The van der Waals surface area contributed by atoms with Crippen LogP contribution in [0.1, 0.15) is 16.1 Å². The van der Waals surface area contributed by atoms with E-state index in [9.17, 15) is 9.18 Å². The van der Waals surface area contributed by atoms with E-state index in [2.05, 4.69) is 4.98 Å². The van der Waals surface area contributed by atoms with E-state index < -0.39 is 11.6 Å². The zero-order chi connectivity index (χ0) is 12.1. The van der Waals surface area contributed by atoms with Crippen molar-refractivity contribution in [2.45, 2.75) is 0 Å². The molecule has 0 saturated carbocycles. The highest BCUT2D eigenvalue weighted by atomic mass is 19.1. The molecule has 0 aliphatic rings. The summed E-state index contributed by atoms with van der Waals surface area (Å²) in [4.78, 5) is 15.6. The summed E-state index contributed by atoms with van der Waals surface area (Å²) in [6, 6.07) is 13.4. The lowest BCUT2D eigenvalue weighted by Gasteiger charge is -1.97. The summed E-state index contributed by atoms with van der Waals surface area (Å²) in [6.07, 6.45) is 2.68. The number of carbonyl (C=O) groups excluding carboxylic acids is 1. The number of ketones is 1. The number of Topliss-reactive ketones (excluding diaryl/α,β-unsaturated/α-hetero) is 1. The van der Waals surface area contributed by atoms with Crippen LogP contribution in [0.4, 0.5) is 4.39 Å². The first-order chi connectivity index (χ1) is 8.27. The Kier molecular flexibility index (Phi) is 3.40. The largest absolute Gasteiger partial charge is 0.286 e. The third kappa shape index (κ3) is 2.84. The van der Waals surface area contributed by atoms with Gasteiger partial charge in [-0.15, -0.1) is 0 Å². The fraction of sp³-hybridized carbons (Fsp3) is 0. The zero-order valence-corrected chi connectivity index (χ0v) is 9.01. The molecule has 0 atom stereocenters. The highest BCUT2D eigenvalue weighted by Gasteiger charge is 2.11. The highest BCUT2D eigenvalue weighted by Crippen LogP contribution is 2.12. The first-order valence-electron chi connectivity index (χ1n) is 5.15. The molecule has 2 nitrogen and oxygen atoms in total. The maximum absolute atomic E-state index is 13.6. The van der Waals surface area contributed by atoms with Crippen LogP contribution in [-0.2, 0) is 0 Å². The molecule has 84 valence electrons. The standard InChI is InChI=1S/C14H10FNO/c15-13(10-12-8-4-5-9-16-12)14(17)11-6-2-1-3-7-11/h1-10H/b13-10-. The van der Waals surface area contributed by atoms with Crippen LogP contribution in [0.3, 0.4) is 0 Å². The molecule has 0 amide bonds. The van der Waals surface area contributed by atoms with Crippen LogP contribution in [0.25, 0.3) is 6.08 Å². The summed E-state index contributed by atoms with van der Waals surface area (Å²) in [5.74, 6) is -1.44. The lowest BCUT2D eigenvalue weighted by Crippen LogP contribution is -1.99. The minimum absolute atomic E-state index is 0.331. The Labute approximate surface area is 98.4 Å². The van der Waals surface area contributed by atoms with Crippen molar-refractivity contribution in [1.29, 1.82) is 0 Å². The normalized spacial score (nSPS) is 11.2. The number of halogens is 1. The Hall–Kier alpha value is -2.29. The van der Waals surface area contributed by atoms with Crippen LogP contribution in [-0.4, -0.2) is 10.8 Å². The number of nitrogens with zero attached hydrogens (tertiary/aromatic N) is 1. The molecule has 2 rings (SSSR count). The van der Waals surface area contributed by atoms with Gasteiger partial charge in [0, 0.05) is 17.8 Å². The summed E-state index contributed by atoms with van der Waals surface area (Å²) in [7, 11) is 0. The number of aromatic nitrogens is 1. The van der Waals surface area contributed by atoms with Crippen molar-refractivity contribution < 1.29 is 9.18 Å². The van der Waals surface area contributed by atoms with Gasteiger partial charge >= 0.3 is 0 Å². The van der Waals surface area contributed by atoms with Crippen LogP contribution in [0.5, 0.6) is 0 Å². The average Bonchev–Trinajstić information content (AvgIpc) is 2.40. The van der Waals surface area contributed by atoms with Crippen LogP contribution in [0.15, 0.2) is 60.6 Å². The Bertz CT molecular complexity index is 535. The first kappa shape index (κ1) is 11.2. The van der Waals surface area contributed by atoms with E-state index in [4.69, 9.17) is 0 Å². The van der Waals surface area contributed by atoms with E-state index in [1.165, 1.54) is 0 Å². The molecule has 0 N–H and O–H groups in total. The Morgan fingerprint density at radius 2 is 1.76 bits per heavy atom. The monoisotopic (exact) mass is 227 g/mol. The van der Waals surface area contributed by atoms with Crippen LogP contribution >= 0.6 is 0 Å². The molecule has 0 aliphatic carbocycles. The quantitative estimate of drug-likeness (QED) is 0.595. The van der Waals surface area contributed by atoms with Gasteiger partial charge in [-0.3, -0.25) is 9.78 Å². The zero-order valence-electron chi connectivity index (χ0n) is 9.01. The SMILES string of the molecule is O=C(/C(F)=C/c1ccccn1)c1ccccc1. The van der Waals surface area contributed by atoms with Crippen LogP contribution < -0.4 is 0 Å². The van der Waals surface area contributed by atoms with Crippen molar-refractivity contribution >= 4 is 11.9 Å². The smallest absolute Gasteiger partial charge is 0.221 e. The summed E-state index contributed by atoms with van der Waals surface area (Å²) in [6.45, 7) is 0. The molecule has 1 aromatic carbocycles. The number of pyridine rings is 1. The van der Waals surface area contributed by atoms with Crippen LogP contribution in [0, 0.1) is 0 Å². The number of carbonyl (C=O) groups is 1. The van der Waals surface area contributed by atoms with Crippen LogP contribution in [0.2, 0.25) is 0 Å². The Balaban J connectivity index is 2.24. The van der Waals surface area contributed by atoms with Gasteiger partial charge in [-0.25, -0.2) is 4.39 Å². The Morgan fingerprint density at radius 3 is 2.41 bits per heavy atom. The maximum atomic E-state index is 13.6. The van der Waals surface area contributed by atoms with Crippen molar-refractivity contribution in [2.24, 2.45) is 0 Å². The molecule has 17 heavy (non-hydrogen) atoms. The second kappa shape index (κ2) is 5.16. The van der Waals surface area contributed by atoms with Crippen molar-refractivity contribution in [1.82, 2.24) is 4.98 Å². The van der Waals surface area contributed by atoms with E-state index in [1.54, 1.807) is 54.7 Å². The van der Waals surface area contributed by atoms with Gasteiger partial charge in [0.2, 0.25) is 5.78 Å². The summed E-state index contributed by atoms with van der Waals surface area (Å²) < 4.78 is 13.6. The van der Waals surface area contributed by atoms with Crippen molar-refractivity contribution in [3.8, 4) is 0 Å². The molecule has 0 spiro atoms. The van der Waals surface area contributed by atoms with Crippen molar-refractivity contribution in [3.63, 3.8) is 0 Å². The predicted molar refractivity (Wildman–Crippen MR) is 64.1 cm³/mol. The first-order valence-corrected chi connectivity index (χ1v) is 5.15. The van der Waals surface area contributed by atoms with Gasteiger partial charge in [0.1, 0.15) is 0 Å². The number of allylic oxidation sites excluding steroid dienone is 1.